The average molecular weight is 426 g/mol. The molecule has 3 heterocycles. The summed E-state index contributed by atoms with van der Waals surface area (Å²) < 4.78 is 33.1. The third-order valence-corrected chi connectivity index (χ3v) is 7.82. The first kappa shape index (κ1) is 19.2. The van der Waals surface area contributed by atoms with E-state index in [4.69, 9.17) is 4.52 Å². The molecule has 1 saturated heterocycles. The molecule has 8 nitrogen and oxygen atoms in total. The summed E-state index contributed by atoms with van der Waals surface area (Å²) in [7, 11) is -1.89. The molecule has 3 aromatic rings. The predicted molar refractivity (Wildman–Crippen MR) is 112 cm³/mol. The second kappa shape index (κ2) is 7.19. The van der Waals surface area contributed by atoms with Gasteiger partial charge in [0.05, 0.1) is 11.3 Å². The maximum atomic E-state index is 13.1. The summed E-state index contributed by atoms with van der Waals surface area (Å²) in [5.41, 5.74) is 3.17. The van der Waals surface area contributed by atoms with Crippen LogP contribution in [-0.4, -0.2) is 61.9 Å². The first-order valence-corrected chi connectivity index (χ1v) is 11.3. The largest absolute Gasteiger partial charge is 0.356 e. The third-order valence-electron chi connectivity index (χ3n) is 5.92. The minimum absolute atomic E-state index is 0.0199. The van der Waals surface area contributed by atoms with Crippen LogP contribution >= 0.6 is 0 Å². The van der Waals surface area contributed by atoms with Crippen LogP contribution in [0.4, 0.5) is 5.69 Å². The van der Waals surface area contributed by atoms with Crippen LogP contribution in [0.2, 0.25) is 0 Å². The van der Waals surface area contributed by atoms with Crippen molar-refractivity contribution in [2.45, 2.75) is 17.9 Å². The van der Waals surface area contributed by atoms with Crippen molar-refractivity contribution in [2.24, 2.45) is 0 Å². The van der Waals surface area contributed by atoms with E-state index in [1.54, 1.807) is 30.1 Å². The molecule has 2 aliphatic heterocycles. The van der Waals surface area contributed by atoms with Gasteiger partial charge in [-0.05, 0) is 35.9 Å². The molecule has 0 radical (unpaired) electrons. The SMILES string of the molecule is CN1C(=O)Cc2cc(S(=O)(=O)N3CCN(Cc4noc5ccccc45)CC3)ccc21. The second-order valence-corrected chi connectivity index (χ2v) is 9.66. The van der Waals surface area contributed by atoms with Gasteiger partial charge in [-0.1, -0.05) is 17.3 Å². The Hall–Kier alpha value is -2.75. The monoisotopic (exact) mass is 426 g/mol. The quantitative estimate of drug-likeness (QED) is 0.633. The number of para-hydroxylation sites is 1. The van der Waals surface area contributed by atoms with E-state index in [0.29, 0.717) is 32.7 Å². The molecule has 0 spiro atoms. The number of fused-ring (bicyclic) bond motifs is 2. The first-order chi connectivity index (χ1) is 14.4. The normalized spacial score (nSPS) is 18.3. The van der Waals surface area contributed by atoms with Gasteiger partial charge in [0.2, 0.25) is 15.9 Å². The van der Waals surface area contributed by atoms with Gasteiger partial charge in [0.15, 0.2) is 5.58 Å². The minimum Gasteiger partial charge on any atom is -0.356 e. The van der Waals surface area contributed by atoms with Crippen LogP contribution < -0.4 is 4.90 Å². The van der Waals surface area contributed by atoms with Crippen LogP contribution in [0, 0.1) is 0 Å². The van der Waals surface area contributed by atoms with Gasteiger partial charge in [-0.2, -0.15) is 4.31 Å². The van der Waals surface area contributed by atoms with E-state index >= 15 is 0 Å². The molecule has 9 heteroatoms. The zero-order valence-electron chi connectivity index (χ0n) is 16.6. The van der Waals surface area contributed by atoms with Gasteiger partial charge in [-0.3, -0.25) is 9.69 Å². The summed E-state index contributed by atoms with van der Waals surface area (Å²) in [6.07, 6.45) is 0.245. The minimum atomic E-state index is -3.60. The molecule has 5 rings (SSSR count). The van der Waals surface area contributed by atoms with Crippen molar-refractivity contribution in [1.29, 1.82) is 0 Å². The molecular weight excluding hydrogens is 404 g/mol. The Balaban J connectivity index is 1.28. The van der Waals surface area contributed by atoms with Crippen molar-refractivity contribution in [3.63, 3.8) is 0 Å². The number of carbonyl (C=O) groups excluding carboxylic acids is 1. The number of likely N-dealkylation sites (N-methyl/N-ethyl adjacent to an activating group) is 1. The fourth-order valence-electron chi connectivity index (χ4n) is 4.15. The standard InChI is InChI=1S/C21H22N4O4S/c1-23-19-7-6-16(12-15(19)13-21(23)26)30(27,28)25-10-8-24(9-11-25)14-18-17-4-2-3-5-20(17)29-22-18/h2-7,12H,8-11,13-14H2,1H3. The number of aromatic nitrogens is 1. The van der Waals surface area contributed by atoms with Crippen LogP contribution in [0.5, 0.6) is 0 Å². The highest BCUT2D eigenvalue weighted by atomic mass is 32.2. The van der Waals surface area contributed by atoms with E-state index in [0.717, 1.165) is 27.9 Å². The van der Waals surface area contributed by atoms with Gasteiger partial charge in [-0.15, -0.1) is 0 Å². The summed E-state index contributed by atoms with van der Waals surface area (Å²) in [5, 5.41) is 5.16. The van der Waals surface area contributed by atoms with Crippen molar-refractivity contribution in [1.82, 2.24) is 14.4 Å². The molecule has 1 fully saturated rings. The lowest BCUT2D eigenvalue weighted by Crippen LogP contribution is -2.48. The number of anilines is 1. The highest BCUT2D eigenvalue weighted by molar-refractivity contribution is 7.89. The number of hydrogen-bond acceptors (Lipinski definition) is 6. The lowest BCUT2D eigenvalue weighted by atomic mass is 10.2. The van der Waals surface area contributed by atoms with E-state index < -0.39 is 10.0 Å². The van der Waals surface area contributed by atoms with Crippen LogP contribution in [0.1, 0.15) is 11.3 Å². The molecule has 2 aliphatic rings. The van der Waals surface area contributed by atoms with Crippen molar-refractivity contribution >= 4 is 32.6 Å². The number of hydrogen-bond donors (Lipinski definition) is 0. The average Bonchev–Trinajstić information content (AvgIpc) is 3.29. The topological polar surface area (TPSA) is 87.0 Å². The lowest BCUT2D eigenvalue weighted by molar-refractivity contribution is -0.117. The Labute approximate surface area is 174 Å². The van der Waals surface area contributed by atoms with Crippen LogP contribution in [0.3, 0.4) is 0 Å². The molecule has 2 aromatic carbocycles. The second-order valence-electron chi connectivity index (χ2n) is 7.73. The molecule has 0 N–H and O–H groups in total. The molecule has 0 atom stereocenters. The van der Waals surface area contributed by atoms with E-state index in [1.165, 1.54) is 4.31 Å². The molecule has 30 heavy (non-hydrogen) atoms. The number of carbonyl (C=O) groups is 1. The van der Waals surface area contributed by atoms with Crippen LogP contribution in [0.15, 0.2) is 51.9 Å². The Morgan fingerprint density at radius 2 is 1.83 bits per heavy atom. The molecule has 156 valence electrons. The van der Waals surface area contributed by atoms with E-state index in [-0.39, 0.29) is 17.2 Å². The predicted octanol–water partition coefficient (Wildman–Crippen LogP) is 1.85. The summed E-state index contributed by atoms with van der Waals surface area (Å²) in [4.78, 5) is 15.9. The molecule has 0 aliphatic carbocycles. The van der Waals surface area contributed by atoms with Gasteiger partial charge in [0.1, 0.15) is 5.69 Å². The molecule has 1 amide bonds. The van der Waals surface area contributed by atoms with Gasteiger partial charge < -0.3 is 9.42 Å². The number of piperazine rings is 1. The first-order valence-electron chi connectivity index (χ1n) is 9.89. The third kappa shape index (κ3) is 3.19. The van der Waals surface area contributed by atoms with Gasteiger partial charge in [0, 0.05) is 50.8 Å². The zero-order valence-corrected chi connectivity index (χ0v) is 17.4. The number of benzene rings is 2. The highest BCUT2D eigenvalue weighted by Gasteiger charge is 2.31. The molecule has 1 aromatic heterocycles. The Morgan fingerprint density at radius 1 is 1.07 bits per heavy atom. The van der Waals surface area contributed by atoms with Crippen molar-refractivity contribution in [2.75, 3.05) is 38.1 Å². The zero-order chi connectivity index (χ0) is 20.9. The van der Waals surface area contributed by atoms with Crippen molar-refractivity contribution < 1.29 is 17.7 Å². The van der Waals surface area contributed by atoms with Crippen molar-refractivity contribution in [3.8, 4) is 0 Å². The summed E-state index contributed by atoms with van der Waals surface area (Å²) in [6.45, 7) is 2.68. The summed E-state index contributed by atoms with van der Waals surface area (Å²) in [6, 6.07) is 12.7. The van der Waals surface area contributed by atoms with Crippen LogP contribution in [0.25, 0.3) is 11.0 Å². The number of nitrogens with zero attached hydrogens (tertiary/aromatic N) is 4. The number of rotatable bonds is 4. The highest BCUT2D eigenvalue weighted by Crippen LogP contribution is 2.31. The maximum absolute atomic E-state index is 13.1. The van der Waals surface area contributed by atoms with E-state index in [2.05, 4.69) is 10.1 Å². The van der Waals surface area contributed by atoms with Crippen LogP contribution in [-0.2, 0) is 27.8 Å². The molecule has 0 unspecified atom stereocenters. The van der Waals surface area contributed by atoms with E-state index in [1.807, 2.05) is 24.3 Å². The Bertz CT molecular complexity index is 1230. The number of sulfonamides is 1. The maximum Gasteiger partial charge on any atom is 0.243 e. The molecule has 0 saturated carbocycles. The van der Waals surface area contributed by atoms with E-state index in [9.17, 15) is 13.2 Å². The Morgan fingerprint density at radius 3 is 2.63 bits per heavy atom. The molecule has 0 bridgehead atoms. The lowest BCUT2D eigenvalue weighted by Gasteiger charge is -2.33. The fraction of sp³-hybridized carbons (Fsp3) is 0.333. The number of amides is 1. The smallest absolute Gasteiger partial charge is 0.243 e. The van der Waals surface area contributed by atoms with Gasteiger partial charge >= 0.3 is 0 Å². The fourth-order valence-corrected chi connectivity index (χ4v) is 5.62. The van der Waals surface area contributed by atoms with Crippen molar-refractivity contribution in [3.05, 3.63) is 53.7 Å². The summed E-state index contributed by atoms with van der Waals surface area (Å²) >= 11 is 0. The van der Waals surface area contributed by atoms with Gasteiger partial charge in [0.25, 0.3) is 0 Å². The van der Waals surface area contributed by atoms with Gasteiger partial charge in [-0.25, -0.2) is 8.42 Å². The summed E-state index contributed by atoms with van der Waals surface area (Å²) in [5.74, 6) is -0.0199. The Kier molecular flexibility index (Phi) is 4.61. The molecular formula is C21H22N4O4S.